The summed E-state index contributed by atoms with van der Waals surface area (Å²) in [5, 5.41) is 8.60. The second kappa shape index (κ2) is 13.8. The van der Waals surface area contributed by atoms with Crippen molar-refractivity contribution < 1.29 is 25.3 Å². The van der Waals surface area contributed by atoms with E-state index in [2.05, 4.69) is 0 Å². The van der Waals surface area contributed by atoms with Crippen molar-refractivity contribution in [1.82, 2.24) is 10.4 Å². The molecule has 38 heavy (non-hydrogen) atoms. The van der Waals surface area contributed by atoms with Crippen LogP contribution in [0.3, 0.4) is 0 Å². The van der Waals surface area contributed by atoms with Crippen LogP contribution in [0.4, 0.5) is 0 Å². The Morgan fingerprint density at radius 1 is 0.895 bits per heavy atom. The molecular weight excluding hydrogens is 480 g/mol. The van der Waals surface area contributed by atoms with Crippen LogP contribution in [0.5, 0.6) is 5.75 Å². The SMILES string of the molecule is [2H]C(c1ccccc1OCCCCCC(=O)NO)N(Cc1ccccc1)C(=O)c1ccc(-c2ccoc2)cc1. The average molecular weight is 514 g/mol. The molecule has 1 atom stereocenters. The first-order valence-electron chi connectivity index (χ1n) is 13.2. The quantitative estimate of drug-likeness (QED) is 0.126. The van der Waals surface area contributed by atoms with Gasteiger partial charge in [-0.05, 0) is 54.7 Å². The van der Waals surface area contributed by atoms with Gasteiger partial charge in [-0.1, -0.05) is 60.7 Å². The van der Waals surface area contributed by atoms with Gasteiger partial charge in [-0.2, -0.15) is 0 Å². The number of furan rings is 1. The number of carbonyl (C=O) groups is 2. The maximum atomic E-state index is 13.8. The van der Waals surface area contributed by atoms with Crippen LogP contribution in [0.25, 0.3) is 11.1 Å². The minimum atomic E-state index is -1.00. The zero-order valence-electron chi connectivity index (χ0n) is 22.1. The number of rotatable bonds is 13. The smallest absolute Gasteiger partial charge is 0.254 e. The van der Waals surface area contributed by atoms with Crippen molar-refractivity contribution in [2.75, 3.05) is 6.61 Å². The Kier molecular flexibility index (Phi) is 9.19. The molecule has 0 spiro atoms. The van der Waals surface area contributed by atoms with E-state index in [1.54, 1.807) is 36.2 Å². The molecule has 7 heteroatoms. The fraction of sp³-hybridized carbons (Fsp3) is 0.226. The second-order valence-corrected chi connectivity index (χ2v) is 8.87. The zero-order valence-corrected chi connectivity index (χ0v) is 21.1. The van der Waals surface area contributed by atoms with Gasteiger partial charge in [0.05, 0.1) is 20.5 Å². The number of hydrogen-bond donors (Lipinski definition) is 2. The molecule has 0 aliphatic carbocycles. The van der Waals surface area contributed by atoms with Crippen LogP contribution in [0, 0.1) is 0 Å². The van der Waals surface area contributed by atoms with Gasteiger partial charge in [-0.25, -0.2) is 5.48 Å². The third-order valence-corrected chi connectivity index (χ3v) is 6.09. The lowest BCUT2D eigenvalue weighted by molar-refractivity contribution is -0.129. The van der Waals surface area contributed by atoms with E-state index in [-0.39, 0.29) is 18.9 Å². The Morgan fingerprint density at radius 3 is 2.39 bits per heavy atom. The molecule has 196 valence electrons. The Balaban J connectivity index is 1.51. The highest BCUT2D eigenvalue weighted by Crippen LogP contribution is 2.24. The van der Waals surface area contributed by atoms with Crippen molar-refractivity contribution >= 4 is 11.8 Å². The summed E-state index contributed by atoms with van der Waals surface area (Å²) >= 11 is 0. The van der Waals surface area contributed by atoms with Crippen molar-refractivity contribution in [1.29, 1.82) is 0 Å². The number of hydroxylamine groups is 1. The summed E-state index contributed by atoms with van der Waals surface area (Å²) in [6.45, 7) is -0.332. The first-order chi connectivity index (χ1) is 19.1. The standard InChI is InChI=1S/C31H32N2O5/c34-30(32-36)13-5-2-8-19-38-29-12-7-6-11-27(29)22-33(21-24-9-3-1-4-10-24)31(35)26-16-14-25(15-17-26)28-18-20-37-23-28/h1,3-4,6-7,9-12,14-18,20,23,36H,2,5,8,13,19,21-22H2,(H,32,34)/i22D. The number of para-hydroxylation sites is 1. The number of carbonyl (C=O) groups excluding carboxylic acids is 2. The van der Waals surface area contributed by atoms with Gasteiger partial charge < -0.3 is 14.1 Å². The molecule has 2 N–H and O–H groups in total. The van der Waals surface area contributed by atoms with Crippen LogP contribution >= 0.6 is 0 Å². The lowest BCUT2D eigenvalue weighted by Gasteiger charge is -2.24. The van der Waals surface area contributed by atoms with Crippen molar-refractivity contribution in [2.45, 2.75) is 38.7 Å². The molecule has 0 radical (unpaired) electrons. The van der Waals surface area contributed by atoms with E-state index in [4.69, 9.17) is 15.7 Å². The predicted octanol–water partition coefficient (Wildman–Crippen LogP) is 6.23. The molecule has 0 bridgehead atoms. The molecule has 0 saturated carbocycles. The Morgan fingerprint density at radius 2 is 1.66 bits per heavy atom. The third kappa shape index (κ3) is 7.57. The normalized spacial score (nSPS) is 11.9. The fourth-order valence-corrected chi connectivity index (χ4v) is 4.04. The van der Waals surface area contributed by atoms with Crippen LogP contribution in [0.2, 0.25) is 0 Å². The van der Waals surface area contributed by atoms with Gasteiger partial charge in [0, 0.05) is 36.2 Å². The Bertz CT molecular complexity index is 1330. The minimum absolute atomic E-state index is 0.251. The highest BCUT2D eigenvalue weighted by atomic mass is 16.5. The van der Waals surface area contributed by atoms with E-state index in [1.165, 1.54) is 4.90 Å². The molecule has 2 amide bonds. The monoisotopic (exact) mass is 513 g/mol. The first-order valence-corrected chi connectivity index (χ1v) is 12.6. The number of benzene rings is 3. The van der Waals surface area contributed by atoms with E-state index >= 15 is 0 Å². The van der Waals surface area contributed by atoms with Gasteiger partial charge >= 0.3 is 0 Å². The summed E-state index contributed by atoms with van der Waals surface area (Å²) in [5.41, 5.74) is 5.50. The summed E-state index contributed by atoms with van der Waals surface area (Å²) in [7, 11) is 0. The molecule has 1 heterocycles. The number of amides is 2. The van der Waals surface area contributed by atoms with Crippen LogP contribution < -0.4 is 10.2 Å². The maximum Gasteiger partial charge on any atom is 0.254 e. The molecule has 1 unspecified atom stereocenters. The maximum absolute atomic E-state index is 13.8. The van der Waals surface area contributed by atoms with Crippen molar-refractivity contribution in [2.24, 2.45) is 0 Å². The highest BCUT2D eigenvalue weighted by molar-refractivity contribution is 5.94. The number of unbranched alkanes of at least 4 members (excludes halogenated alkanes) is 2. The number of nitrogens with zero attached hydrogens (tertiary/aromatic N) is 1. The third-order valence-electron chi connectivity index (χ3n) is 6.09. The molecule has 7 nitrogen and oxygen atoms in total. The summed E-state index contributed by atoms with van der Waals surface area (Å²) in [6, 6.07) is 26.1. The Labute approximate surface area is 224 Å². The largest absolute Gasteiger partial charge is 0.493 e. The summed E-state index contributed by atoms with van der Waals surface area (Å²) in [6.07, 6.45) is 5.62. The zero-order chi connectivity index (χ0) is 27.5. The predicted molar refractivity (Wildman–Crippen MR) is 144 cm³/mol. The average Bonchev–Trinajstić information content (AvgIpc) is 3.53. The summed E-state index contributed by atoms with van der Waals surface area (Å²) in [5.74, 6) is -0.112. The molecule has 4 aromatic rings. The lowest BCUT2D eigenvalue weighted by atomic mass is 10.1. The van der Waals surface area contributed by atoms with E-state index in [1.807, 2.05) is 66.7 Å². The van der Waals surface area contributed by atoms with Crippen LogP contribution in [0.15, 0.2) is 102 Å². The van der Waals surface area contributed by atoms with Crippen molar-refractivity contribution in [3.05, 3.63) is 114 Å². The van der Waals surface area contributed by atoms with E-state index in [0.717, 1.165) is 23.1 Å². The van der Waals surface area contributed by atoms with Gasteiger partial charge in [-0.3, -0.25) is 14.8 Å². The fourth-order valence-electron chi connectivity index (χ4n) is 4.04. The molecule has 0 aliphatic rings. The Hall–Kier alpha value is -4.36. The molecular formula is C31H32N2O5. The number of ether oxygens (including phenoxy) is 1. The highest BCUT2D eigenvalue weighted by Gasteiger charge is 2.19. The molecule has 4 rings (SSSR count). The van der Waals surface area contributed by atoms with Crippen LogP contribution in [-0.4, -0.2) is 28.5 Å². The lowest BCUT2D eigenvalue weighted by Crippen LogP contribution is -2.30. The first kappa shape index (κ1) is 25.3. The topological polar surface area (TPSA) is 92.0 Å². The van der Waals surface area contributed by atoms with E-state index < -0.39 is 12.4 Å². The van der Waals surface area contributed by atoms with Gasteiger partial charge in [0.25, 0.3) is 5.91 Å². The number of hydrogen-bond acceptors (Lipinski definition) is 5. The molecule has 0 fully saturated rings. The van der Waals surface area contributed by atoms with Gasteiger partial charge in [0.15, 0.2) is 0 Å². The van der Waals surface area contributed by atoms with Gasteiger partial charge in [0.1, 0.15) is 5.75 Å². The van der Waals surface area contributed by atoms with Gasteiger partial charge in [0.2, 0.25) is 5.91 Å². The van der Waals surface area contributed by atoms with Crippen molar-refractivity contribution in [3.63, 3.8) is 0 Å². The van der Waals surface area contributed by atoms with Crippen molar-refractivity contribution in [3.8, 4) is 16.9 Å². The molecule has 1 aromatic heterocycles. The molecule has 3 aromatic carbocycles. The van der Waals surface area contributed by atoms with E-state index in [0.29, 0.717) is 36.3 Å². The summed E-state index contributed by atoms with van der Waals surface area (Å²) < 4.78 is 20.3. The van der Waals surface area contributed by atoms with E-state index in [9.17, 15) is 9.59 Å². The number of nitrogens with one attached hydrogen (secondary N) is 1. The van der Waals surface area contributed by atoms with Crippen LogP contribution in [-0.2, 0) is 17.9 Å². The molecule has 0 aliphatic heterocycles. The second-order valence-electron chi connectivity index (χ2n) is 8.87. The summed E-state index contributed by atoms with van der Waals surface area (Å²) in [4.78, 5) is 26.5. The van der Waals surface area contributed by atoms with Crippen LogP contribution in [0.1, 0.15) is 48.5 Å². The van der Waals surface area contributed by atoms with Gasteiger partial charge in [-0.15, -0.1) is 0 Å². The molecule has 0 saturated heterocycles. The minimum Gasteiger partial charge on any atom is -0.493 e.